The molecule has 0 aromatic carbocycles. The molecule has 0 unspecified atom stereocenters. The van der Waals surface area contributed by atoms with Crippen molar-refractivity contribution in [2.45, 2.75) is 19.3 Å². The monoisotopic (exact) mass is 249 g/mol. The number of ether oxygens (including phenoxy) is 1. The van der Waals surface area contributed by atoms with Gasteiger partial charge in [-0.15, -0.1) is 13.2 Å². The van der Waals surface area contributed by atoms with Crippen molar-refractivity contribution in [2.24, 2.45) is 5.73 Å². The van der Waals surface area contributed by atoms with E-state index in [-0.39, 0.29) is 17.8 Å². The van der Waals surface area contributed by atoms with Gasteiger partial charge in [0, 0.05) is 12.1 Å². The maximum absolute atomic E-state index is 13.2. The summed E-state index contributed by atoms with van der Waals surface area (Å²) in [4.78, 5) is 3.51. The standard InChI is InChI=1S/C9H7F4N3O/c10-6-4-16-7(3-15)5(1-2-14)8(6)17-9(11,12)13/h4H,1,3,15H2. The lowest BCUT2D eigenvalue weighted by atomic mass is 10.1. The lowest BCUT2D eigenvalue weighted by molar-refractivity contribution is -0.275. The predicted molar refractivity (Wildman–Crippen MR) is 48.1 cm³/mol. The van der Waals surface area contributed by atoms with Crippen LogP contribution in [0.3, 0.4) is 0 Å². The van der Waals surface area contributed by atoms with Gasteiger partial charge in [0.05, 0.1) is 24.4 Å². The number of halogens is 4. The fraction of sp³-hybridized carbons (Fsp3) is 0.333. The van der Waals surface area contributed by atoms with Crippen molar-refractivity contribution in [1.82, 2.24) is 4.98 Å². The van der Waals surface area contributed by atoms with Crippen molar-refractivity contribution in [1.29, 1.82) is 5.26 Å². The molecule has 1 heterocycles. The van der Waals surface area contributed by atoms with E-state index in [1.54, 1.807) is 6.07 Å². The molecule has 0 saturated heterocycles. The highest BCUT2D eigenvalue weighted by molar-refractivity contribution is 5.39. The smallest absolute Gasteiger partial charge is 0.402 e. The molecule has 4 nitrogen and oxygen atoms in total. The van der Waals surface area contributed by atoms with Crippen LogP contribution in [0, 0.1) is 17.1 Å². The second-order valence-corrected chi connectivity index (χ2v) is 2.95. The molecule has 0 aliphatic rings. The number of nitrogens with two attached hydrogens (primary N) is 1. The molecule has 17 heavy (non-hydrogen) atoms. The lowest BCUT2D eigenvalue weighted by Gasteiger charge is -2.14. The second-order valence-electron chi connectivity index (χ2n) is 2.95. The Morgan fingerprint density at radius 1 is 1.47 bits per heavy atom. The van der Waals surface area contributed by atoms with Gasteiger partial charge in [-0.25, -0.2) is 4.39 Å². The van der Waals surface area contributed by atoms with E-state index in [9.17, 15) is 17.6 Å². The maximum Gasteiger partial charge on any atom is 0.573 e. The molecule has 0 aliphatic carbocycles. The van der Waals surface area contributed by atoms with Crippen LogP contribution in [0.25, 0.3) is 0 Å². The van der Waals surface area contributed by atoms with Crippen LogP contribution in [0.2, 0.25) is 0 Å². The topological polar surface area (TPSA) is 71.9 Å². The number of rotatable bonds is 3. The van der Waals surface area contributed by atoms with E-state index < -0.39 is 24.3 Å². The fourth-order valence-corrected chi connectivity index (χ4v) is 1.21. The normalized spacial score (nSPS) is 11.1. The minimum Gasteiger partial charge on any atom is -0.402 e. The zero-order chi connectivity index (χ0) is 13.1. The quantitative estimate of drug-likeness (QED) is 0.826. The largest absolute Gasteiger partial charge is 0.573 e. The molecule has 1 aromatic heterocycles. The highest BCUT2D eigenvalue weighted by Crippen LogP contribution is 2.30. The van der Waals surface area contributed by atoms with Crippen LogP contribution < -0.4 is 10.5 Å². The molecule has 0 aliphatic heterocycles. The molecule has 1 aromatic rings. The average molecular weight is 249 g/mol. The van der Waals surface area contributed by atoms with Crippen LogP contribution in [0.1, 0.15) is 11.3 Å². The molecule has 0 bridgehead atoms. The van der Waals surface area contributed by atoms with E-state index in [1.165, 1.54) is 0 Å². The summed E-state index contributed by atoms with van der Waals surface area (Å²) in [6.07, 6.45) is -4.94. The predicted octanol–water partition coefficient (Wildman–Crippen LogP) is 1.64. The van der Waals surface area contributed by atoms with Crippen molar-refractivity contribution in [2.75, 3.05) is 0 Å². The van der Waals surface area contributed by atoms with Crippen LogP contribution in [0.15, 0.2) is 6.20 Å². The minimum absolute atomic E-state index is 0.00722. The molecule has 0 spiro atoms. The number of hydrogen-bond acceptors (Lipinski definition) is 4. The average Bonchev–Trinajstić information content (AvgIpc) is 2.22. The Labute approximate surface area is 93.6 Å². The summed E-state index contributed by atoms with van der Waals surface area (Å²) < 4.78 is 52.9. The van der Waals surface area contributed by atoms with Gasteiger partial charge in [-0.3, -0.25) is 4.98 Å². The minimum atomic E-state index is -5.04. The summed E-state index contributed by atoms with van der Waals surface area (Å²) >= 11 is 0. The van der Waals surface area contributed by atoms with E-state index in [0.29, 0.717) is 6.20 Å². The Hall–Kier alpha value is -1.88. The molecule has 0 radical (unpaired) electrons. The summed E-state index contributed by atoms with van der Waals surface area (Å²) in [5.74, 6) is -2.33. The Kier molecular flexibility index (Phi) is 3.85. The number of pyridine rings is 1. The van der Waals surface area contributed by atoms with Gasteiger partial charge >= 0.3 is 6.36 Å². The van der Waals surface area contributed by atoms with Crippen LogP contribution in [0.5, 0.6) is 5.75 Å². The summed E-state index contributed by atoms with van der Waals surface area (Å²) in [5, 5.41) is 8.48. The zero-order valence-electron chi connectivity index (χ0n) is 8.38. The highest BCUT2D eigenvalue weighted by atomic mass is 19.4. The van der Waals surface area contributed by atoms with Crippen molar-refractivity contribution >= 4 is 0 Å². The van der Waals surface area contributed by atoms with Gasteiger partial charge in [0.15, 0.2) is 11.6 Å². The molecule has 92 valence electrons. The molecule has 0 atom stereocenters. The highest BCUT2D eigenvalue weighted by Gasteiger charge is 2.34. The molecule has 8 heteroatoms. The van der Waals surface area contributed by atoms with E-state index in [0.717, 1.165) is 0 Å². The number of aromatic nitrogens is 1. The summed E-state index contributed by atoms with van der Waals surface area (Å²) in [7, 11) is 0. The molecule has 0 fully saturated rings. The molecule has 1 rings (SSSR count). The third-order valence-electron chi connectivity index (χ3n) is 1.84. The first-order valence-electron chi connectivity index (χ1n) is 4.38. The van der Waals surface area contributed by atoms with Gasteiger partial charge in [-0.2, -0.15) is 5.26 Å². The van der Waals surface area contributed by atoms with Crippen LogP contribution >= 0.6 is 0 Å². The Bertz CT molecular complexity index is 453. The molecule has 2 N–H and O–H groups in total. The van der Waals surface area contributed by atoms with Crippen LogP contribution in [-0.2, 0) is 13.0 Å². The van der Waals surface area contributed by atoms with Gasteiger partial charge in [-0.1, -0.05) is 0 Å². The van der Waals surface area contributed by atoms with Crippen molar-refractivity contribution in [3.05, 3.63) is 23.3 Å². The summed E-state index contributed by atoms with van der Waals surface area (Å²) in [6.45, 7) is -0.217. The summed E-state index contributed by atoms with van der Waals surface area (Å²) in [6, 6.07) is 1.60. The molecule has 0 amide bonds. The third kappa shape index (κ3) is 3.29. The summed E-state index contributed by atoms with van der Waals surface area (Å²) in [5.41, 5.74) is 4.94. The fourth-order valence-electron chi connectivity index (χ4n) is 1.21. The van der Waals surface area contributed by atoms with Crippen molar-refractivity contribution < 1.29 is 22.3 Å². The Morgan fingerprint density at radius 2 is 2.12 bits per heavy atom. The third-order valence-corrected chi connectivity index (χ3v) is 1.84. The molecular weight excluding hydrogens is 242 g/mol. The van der Waals surface area contributed by atoms with E-state index >= 15 is 0 Å². The van der Waals surface area contributed by atoms with Crippen molar-refractivity contribution in [3.8, 4) is 11.8 Å². The first kappa shape index (κ1) is 13.2. The zero-order valence-corrected chi connectivity index (χ0v) is 8.38. The van der Waals surface area contributed by atoms with Gasteiger partial charge in [0.25, 0.3) is 0 Å². The molecule has 0 saturated carbocycles. The number of nitrogens with zero attached hydrogens (tertiary/aromatic N) is 2. The van der Waals surface area contributed by atoms with Crippen LogP contribution in [0.4, 0.5) is 17.6 Å². The Morgan fingerprint density at radius 3 is 2.59 bits per heavy atom. The van der Waals surface area contributed by atoms with E-state index in [1.807, 2.05) is 0 Å². The number of alkyl halides is 3. The van der Waals surface area contributed by atoms with E-state index in [2.05, 4.69) is 9.72 Å². The Balaban J connectivity index is 3.29. The SMILES string of the molecule is N#CCc1c(CN)ncc(F)c1OC(F)(F)F. The number of nitriles is 1. The first-order chi connectivity index (χ1) is 7.89. The molecular formula is C9H7F4N3O. The van der Waals surface area contributed by atoms with Gasteiger partial charge in [-0.05, 0) is 0 Å². The second kappa shape index (κ2) is 4.97. The first-order valence-corrected chi connectivity index (χ1v) is 4.38. The van der Waals surface area contributed by atoms with Crippen LogP contribution in [-0.4, -0.2) is 11.3 Å². The lowest BCUT2D eigenvalue weighted by Crippen LogP contribution is -2.20. The van der Waals surface area contributed by atoms with Gasteiger partial charge < -0.3 is 10.5 Å². The van der Waals surface area contributed by atoms with Gasteiger partial charge in [0.2, 0.25) is 0 Å². The van der Waals surface area contributed by atoms with Gasteiger partial charge in [0.1, 0.15) is 0 Å². The van der Waals surface area contributed by atoms with Crippen molar-refractivity contribution in [3.63, 3.8) is 0 Å². The van der Waals surface area contributed by atoms with E-state index in [4.69, 9.17) is 11.0 Å². The maximum atomic E-state index is 13.2. The number of hydrogen-bond donors (Lipinski definition) is 1.